The number of aliphatic imine (C=N–C) groups is 4. The molecule has 12 nitrogen and oxygen atoms in total. The van der Waals surface area contributed by atoms with Crippen molar-refractivity contribution >= 4 is 45.8 Å². The zero-order valence-electron chi connectivity index (χ0n) is 35.7. The maximum Gasteiger partial charge on any atom is 0.168 e. The predicted molar refractivity (Wildman–Crippen MR) is 260 cm³/mol. The minimum atomic E-state index is 0.342. The third-order valence-electron chi connectivity index (χ3n) is 11.6. The van der Waals surface area contributed by atoms with Crippen LogP contribution < -0.4 is 45.7 Å². The lowest BCUT2D eigenvalue weighted by molar-refractivity contribution is 0.478. The molecule has 8 aromatic carbocycles. The molecule has 12 heteroatoms. The van der Waals surface area contributed by atoms with Gasteiger partial charge in [0.05, 0.1) is 21.7 Å². The van der Waals surface area contributed by atoms with E-state index in [2.05, 4.69) is 4.98 Å². The number of benzene rings is 8. The van der Waals surface area contributed by atoms with E-state index in [9.17, 15) is 0 Å². The van der Waals surface area contributed by atoms with Gasteiger partial charge in [-0.15, -0.1) is 0 Å². The summed E-state index contributed by atoms with van der Waals surface area (Å²) in [6.07, 6.45) is 0. The molecule has 68 heavy (non-hydrogen) atoms. The van der Waals surface area contributed by atoms with Crippen LogP contribution in [0.3, 0.4) is 0 Å². The number of nitrogens with zero attached hydrogens (tertiary/aromatic N) is 7. The van der Waals surface area contributed by atoms with Gasteiger partial charge < -0.3 is 23.9 Å². The van der Waals surface area contributed by atoms with E-state index in [-0.39, 0.29) is 0 Å². The Bertz CT molecular complexity index is 3930. The summed E-state index contributed by atoms with van der Waals surface area (Å²) in [5, 5.41) is 7.91. The first-order chi connectivity index (χ1) is 33.7. The van der Waals surface area contributed by atoms with Gasteiger partial charge in [-0.2, -0.15) is 0 Å². The number of H-pyrrole nitrogens is 1. The summed E-state index contributed by atoms with van der Waals surface area (Å²) in [6.45, 7) is 0. The Morgan fingerprint density at radius 2 is 0.765 bits per heavy atom. The smallest absolute Gasteiger partial charge is 0.168 e. The number of aromatic nitrogens is 1. The largest absolute Gasteiger partial charge is 0.457 e. The van der Waals surface area contributed by atoms with Crippen LogP contribution in [0.1, 0.15) is 22.3 Å². The third-order valence-corrected chi connectivity index (χ3v) is 11.6. The fraction of sp³-hybridized carbons (Fsp3) is 0. The summed E-state index contributed by atoms with van der Waals surface area (Å²) in [5.74, 6) is 6.99. The number of rotatable bonds is 8. The highest BCUT2D eigenvalue weighted by Crippen LogP contribution is 2.36. The Labute approximate surface area is 387 Å². The van der Waals surface area contributed by atoms with Crippen LogP contribution in [0, 0.1) is 0 Å². The average Bonchev–Trinajstić information content (AvgIpc) is 4.12. The number of hydrogen-bond donors (Lipinski definition) is 1. The number of hydrogen-bond acceptors (Lipinski definition) is 10. The molecule has 321 valence electrons. The molecule has 4 aliphatic rings. The van der Waals surface area contributed by atoms with Gasteiger partial charge >= 0.3 is 0 Å². The van der Waals surface area contributed by atoms with Crippen molar-refractivity contribution in [1.82, 2.24) is 10.3 Å². The Morgan fingerprint density at radius 1 is 0.324 bits per heavy atom. The molecular weight excluding hydrogens is 849 g/mol. The molecule has 1 aromatic heterocycles. The topological polar surface area (TPSA) is 141 Å². The van der Waals surface area contributed by atoms with Gasteiger partial charge in [0.1, 0.15) is 57.0 Å². The first-order valence-electron chi connectivity index (χ1n) is 21.9. The second kappa shape index (κ2) is 16.1. The van der Waals surface area contributed by atoms with Gasteiger partial charge in [-0.3, -0.25) is 0 Å². The van der Waals surface area contributed by atoms with Gasteiger partial charge in [-0.25, -0.2) is 35.3 Å². The van der Waals surface area contributed by atoms with Crippen molar-refractivity contribution in [3.63, 3.8) is 0 Å². The van der Waals surface area contributed by atoms with E-state index in [0.29, 0.717) is 130 Å². The zero-order chi connectivity index (χ0) is 45.0. The van der Waals surface area contributed by atoms with Crippen molar-refractivity contribution in [2.75, 3.05) is 0 Å². The fourth-order valence-electron chi connectivity index (χ4n) is 8.59. The second-order valence-electron chi connectivity index (χ2n) is 15.9. The Kier molecular flexibility index (Phi) is 9.17. The SMILES string of the molecule is c1ccc(Oc2cccc3c2C2=NC3=NC3=c4c(Oc5ccccc5)cccc4=C([N]3)N=C3N=C(N=c4[nH]c(c5cccc(Oc6ccccc6)c45)=N2)c2cccc(Oc4ccccc4)c23)cc1. The first kappa shape index (κ1) is 38.8. The van der Waals surface area contributed by atoms with Crippen LogP contribution in [0.5, 0.6) is 46.0 Å². The molecule has 0 saturated carbocycles. The van der Waals surface area contributed by atoms with E-state index in [0.717, 1.165) is 5.39 Å². The summed E-state index contributed by atoms with van der Waals surface area (Å²) in [7, 11) is 0. The van der Waals surface area contributed by atoms with Crippen LogP contribution in [0.2, 0.25) is 0 Å². The highest BCUT2D eigenvalue weighted by Gasteiger charge is 2.31. The van der Waals surface area contributed by atoms with Crippen molar-refractivity contribution in [1.29, 1.82) is 0 Å². The monoisotopic (exact) mass is 881 g/mol. The van der Waals surface area contributed by atoms with Crippen molar-refractivity contribution in [2.45, 2.75) is 0 Å². The molecule has 0 fully saturated rings. The molecule has 13 rings (SSSR count). The van der Waals surface area contributed by atoms with Crippen molar-refractivity contribution < 1.29 is 18.9 Å². The highest BCUT2D eigenvalue weighted by atomic mass is 16.5. The second-order valence-corrected chi connectivity index (χ2v) is 15.9. The van der Waals surface area contributed by atoms with Crippen LogP contribution in [-0.4, -0.2) is 28.3 Å². The van der Waals surface area contributed by atoms with Crippen LogP contribution in [0.25, 0.3) is 22.4 Å². The minimum absolute atomic E-state index is 0.342. The van der Waals surface area contributed by atoms with Crippen LogP contribution in [0.4, 0.5) is 0 Å². The summed E-state index contributed by atoms with van der Waals surface area (Å²) in [5.41, 5.74) is 3.64. The van der Waals surface area contributed by atoms with Gasteiger partial charge in [0.25, 0.3) is 0 Å². The molecule has 0 aliphatic carbocycles. The lowest BCUT2D eigenvalue weighted by Gasteiger charge is -2.11. The first-order valence-corrected chi connectivity index (χ1v) is 21.9. The normalized spacial score (nSPS) is 13.9. The van der Waals surface area contributed by atoms with Gasteiger partial charge in [0, 0.05) is 21.7 Å². The van der Waals surface area contributed by atoms with E-state index in [1.165, 1.54) is 0 Å². The maximum atomic E-state index is 6.59. The Balaban J connectivity index is 1.12. The van der Waals surface area contributed by atoms with Crippen molar-refractivity contribution in [3.8, 4) is 46.0 Å². The number of aromatic amines is 1. The van der Waals surface area contributed by atoms with Crippen molar-refractivity contribution in [2.24, 2.45) is 30.0 Å². The molecule has 0 amide bonds. The summed E-state index contributed by atoms with van der Waals surface area (Å²) in [4.78, 5) is 35.1. The molecule has 1 radical (unpaired) electrons. The summed E-state index contributed by atoms with van der Waals surface area (Å²) < 4.78 is 26.3. The van der Waals surface area contributed by atoms with Gasteiger partial charge in [-0.1, -0.05) is 121 Å². The van der Waals surface area contributed by atoms with Gasteiger partial charge in [0.2, 0.25) is 0 Å². The van der Waals surface area contributed by atoms with Crippen LogP contribution in [-0.2, 0) is 0 Å². The molecule has 0 unspecified atom stereocenters. The Morgan fingerprint density at radius 3 is 1.37 bits per heavy atom. The quantitative estimate of drug-likeness (QED) is 0.162. The lowest BCUT2D eigenvalue weighted by Crippen LogP contribution is -2.25. The van der Waals surface area contributed by atoms with E-state index >= 15 is 0 Å². The molecule has 8 bridgehead atoms. The van der Waals surface area contributed by atoms with Gasteiger partial charge in [0.15, 0.2) is 35.0 Å². The highest BCUT2D eigenvalue weighted by molar-refractivity contribution is 6.26. The summed E-state index contributed by atoms with van der Waals surface area (Å²) in [6, 6.07) is 61.6. The molecule has 9 aromatic rings. The number of amidine groups is 4. The standard InChI is InChI=1S/C56H33N8O4/c1-5-17-33(18-6-1)65-41-29-13-25-37-45(41)53-57-49(37)62-54-47-39(27-15-31-43(47)67-35-21-9-3-10-22-35)51(59-54)64-56-48-40(28-16-32-44(48)68-36-23-11-4-12-24-36)52(60-56)63-55-46-38(50(58-55)61-53)26-14-30-42(46)66-34-19-7-2-8-20-34/h1-32H,(H,57,58,59,61,62,63,64). The molecule has 4 aliphatic heterocycles. The van der Waals surface area contributed by atoms with Gasteiger partial charge in [-0.05, 0) is 72.8 Å². The predicted octanol–water partition coefficient (Wildman–Crippen LogP) is 9.45. The van der Waals surface area contributed by atoms with E-state index < -0.39 is 0 Å². The molecular formula is C56H33N8O4. The average molecular weight is 882 g/mol. The minimum Gasteiger partial charge on any atom is -0.457 e. The number of ether oxygens (including phenoxy) is 4. The molecule has 5 heterocycles. The number of fused-ring (bicyclic) bond motifs is 16. The van der Waals surface area contributed by atoms with E-state index in [4.69, 9.17) is 54.2 Å². The fourth-order valence-corrected chi connectivity index (χ4v) is 8.59. The maximum absolute atomic E-state index is 6.59. The zero-order valence-corrected chi connectivity index (χ0v) is 35.7. The molecule has 0 spiro atoms. The van der Waals surface area contributed by atoms with Crippen LogP contribution >= 0.6 is 0 Å². The number of nitrogens with one attached hydrogen (secondary N) is 1. The lowest BCUT2D eigenvalue weighted by atomic mass is 10.1. The third kappa shape index (κ3) is 6.88. The molecule has 1 N–H and O–H groups in total. The summed E-state index contributed by atoms with van der Waals surface area (Å²) >= 11 is 0. The van der Waals surface area contributed by atoms with E-state index in [1.54, 1.807) is 0 Å². The molecule has 0 saturated heterocycles. The van der Waals surface area contributed by atoms with Crippen LogP contribution in [0.15, 0.2) is 224 Å². The van der Waals surface area contributed by atoms with E-state index in [1.807, 2.05) is 194 Å². The number of para-hydroxylation sites is 4. The Hall–Kier alpha value is -9.68. The van der Waals surface area contributed by atoms with Crippen molar-refractivity contribution in [3.05, 3.63) is 238 Å². The molecule has 0 atom stereocenters.